The summed E-state index contributed by atoms with van der Waals surface area (Å²) in [5.41, 5.74) is 4.11. The third-order valence-corrected chi connectivity index (χ3v) is 7.11. The second-order valence-corrected chi connectivity index (χ2v) is 8.54. The molecule has 1 aliphatic carbocycles. The molecule has 0 saturated carbocycles. The van der Waals surface area contributed by atoms with Crippen molar-refractivity contribution < 1.29 is 4.79 Å². The molecule has 1 amide bonds. The van der Waals surface area contributed by atoms with E-state index in [1.165, 1.54) is 34.5 Å². The first-order valence-corrected chi connectivity index (χ1v) is 9.80. The maximum atomic E-state index is 12.9. The lowest BCUT2D eigenvalue weighted by molar-refractivity contribution is 0.0882. The smallest absolute Gasteiger partial charge is 0.261 e. The van der Waals surface area contributed by atoms with E-state index < -0.39 is 0 Å². The topological polar surface area (TPSA) is 32.3 Å². The summed E-state index contributed by atoms with van der Waals surface area (Å²) in [6.45, 7) is 3.36. The molecule has 2 atom stereocenters. The molecule has 1 N–H and O–H groups in total. The molecular weight excluding hydrogens is 316 g/mol. The van der Waals surface area contributed by atoms with E-state index in [9.17, 15) is 4.79 Å². The summed E-state index contributed by atoms with van der Waals surface area (Å²) in [7, 11) is 0. The van der Waals surface area contributed by atoms with Crippen LogP contribution in [0.2, 0.25) is 0 Å². The predicted molar refractivity (Wildman–Crippen MR) is 97.7 cm³/mol. The van der Waals surface area contributed by atoms with E-state index in [1.807, 2.05) is 0 Å². The van der Waals surface area contributed by atoms with Crippen LogP contribution in [0.25, 0.3) is 10.4 Å². The molecule has 3 aliphatic rings. The van der Waals surface area contributed by atoms with E-state index in [0.717, 1.165) is 43.6 Å². The molecule has 4 heteroatoms. The molecule has 2 saturated heterocycles. The van der Waals surface area contributed by atoms with Gasteiger partial charge in [-0.3, -0.25) is 4.79 Å². The van der Waals surface area contributed by atoms with Crippen LogP contribution in [0.5, 0.6) is 0 Å². The molecule has 2 bridgehead atoms. The van der Waals surface area contributed by atoms with Crippen LogP contribution in [0.1, 0.15) is 40.1 Å². The van der Waals surface area contributed by atoms with Crippen LogP contribution in [-0.4, -0.2) is 36.0 Å². The number of nitrogens with one attached hydrogen (secondary N) is 1. The van der Waals surface area contributed by atoms with Gasteiger partial charge in [0.2, 0.25) is 0 Å². The first kappa shape index (κ1) is 14.7. The van der Waals surface area contributed by atoms with Crippen molar-refractivity contribution in [1.82, 2.24) is 10.2 Å². The van der Waals surface area contributed by atoms with Crippen molar-refractivity contribution in [3.8, 4) is 10.4 Å². The highest BCUT2D eigenvalue weighted by Gasteiger charge is 2.42. The van der Waals surface area contributed by atoms with Gasteiger partial charge in [-0.1, -0.05) is 24.3 Å². The third-order valence-electron chi connectivity index (χ3n) is 5.90. The number of benzene rings is 1. The first-order valence-electron chi connectivity index (χ1n) is 8.98. The van der Waals surface area contributed by atoms with Gasteiger partial charge >= 0.3 is 0 Å². The Morgan fingerprint density at radius 3 is 2.96 bits per heavy atom. The van der Waals surface area contributed by atoms with Crippen LogP contribution in [0.4, 0.5) is 0 Å². The quantitative estimate of drug-likeness (QED) is 0.909. The Balaban J connectivity index is 1.43. The molecular formula is C20H22N2OS. The zero-order valence-electron chi connectivity index (χ0n) is 13.8. The maximum absolute atomic E-state index is 12.9. The van der Waals surface area contributed by atoms with Gasteiger partial charge in [0, 0.05) is 18.0 Å². The highest BCUT2D eigenvalue weighted by molar-refractivity contribution is 7.17. The number of aryl methyl sites for hydroxylation is 2. The summed E-state index contributed by atoms with van der Waals surface area (Å²) in [4.78, 5) is 17.6. The second-order valence-electron chi connectivity index (χ2n) is 7.49. The number of nitrogens with zero attached hydrogens (tertiary/aromatic N) is 1. The molecule has 0 radical (unpaired) electrons. The molecule has 2 aliphatic heterocycles. The standard InChI is InChI=1S/C20H22N2OS/c23-19(21-20-8-3-10-22(13-20)11-9-20)17-12-15-7-6-14-4-1-2-5-16(14)18(15)24-17/h1-2,4-5,12H,3,6-11,13H2,(H,21,23). The van der Waals surface area contributed by atoms with E-state index in [-0.39, 0.29) is 11.4 Å². The Morgan fingerprint density at radius 2 is 2.00 bits per heavy atom. The zero-order valence-corrected chi connectivity index (χ0v) is 14.6. The Hall–Kier alpha value is -1.65. The van der Waals surface area contributed by atoms with E-state index in [4.69, 9.17) is 0 Å². The van der Waals surface area contributed by atoms with E-state index in [1.54, 1.807) is 11.3 Å². The molecule has 2 aromatic rings. The maximum Gasteiger partial charge on any atom is 0.261 e. The number of hydrogen-bond donors (Lipinski definition) is 1. The van der Waals surface area contributed by atoms with Crippen LogP contribution in [-0.2, 0) is 12.8 Å². The minimum absolute atomic E-state index is 0.0255. The summed E-state index contributed by atoms with van der Waals surface area (Å²) < 4.78 is 0. The summed E-state index contributed by atoms with van der Waals surface area (Å²) in [5, 5.41) is 3.40. The van der Waals surface area contributed by atoms with Gasteiger partial charge in [0.1, 0.15) is 0 Å². The van der Waals surface area contributed by atoms with Crippen molar-refractivity contribution in [2.24, 2.45) is 0 Å². The fourth-order valence-electron chi connectivity index (χ4n) is 4.64. The van der Waals surface area contributed by atoms with Gasteiger partial charge in [0.15, 0.2) is 0 Å². The normalized spacial score (nSPS) is 27.4. The number of rotatable bonds is 2. The van der Waals surface area contributed by atoms with Gasteiger partial charge in [-0.15, -0.1) is 11.3 Å². The Labute approximate surface area is 146 Å². The lowest BCUT2D eigenvalue weighted by atomic mass is 9.90. The number of fused-ring (bicyclic) bond motifs is 5. The molecule has 2 fully saturated rings. The zero-order chi connectivity index (χ0) is 16.1. The molecule has 1 aromatic carbocycles. The fraction of sp³-hybridized carbons (Fsp3) is 0.450. The molecule has 1 aromatic heterocycles. The van der Waals surface area contributed by atoms with Gasteiger partial charge in [-0.05, 0) is 61.4 Å². The molecule has 0 spiro atoms. The van der Waals surface area contributed by atoms with E-state index in [0.29, 0.717) is 0 Å². The lowest BCUT2D eigenvalue weighted by Crippen LogP contribution is -2.52. The predicted octanol–water partition coefficient (Wildman–Crippen LogP) is 3.48. The summed E-state index contributed by atoms with van der Waals surface area (Å²) in [5.74, 6) is 0.135. The van der Waals surface area contributed by atoms with E-state index >= 15 is 0 Å². The summed E-state index contributed by atoms with van der Waals surface area (Å²) in [6, 6.07) is 10.8. The van der Waals surface area contributed by atoms with Crippen LogP contribution >= 0.6 is 11.3 Å². The number of hydrogen-bond acceptors (Lipinski definition) is 3. The van der Waals surface area contributed by atoms with Crippen LogP contribution in [0, 0.1) is 0 Å². The van der Waals surface area contributed by atoms with Gasteiger partial charge in [0.05, 0.1) is 10.4 Å². The van der Waals surface area contributed by atoms with Crippen molar-refractivity contribution in [3.63, 3.8) is 0 Å². The third kappa shape index (κ3) is 2.32. The van der Waals surface area contributed by atoms with Gasteiger partial charge in [0.25, 0.3) is 5.91 Å². The minimum Gasteiger partial charge on any atom is -0.345 e. The highest BCUT2D eigenvalue weighted by atomic mass is 32.1. The van der Waals surface area contributed by atoms with Crippen molar-refractivity contribution in [2.45, 2.75) is 37.6 Å². The van der Waals surface area contributed by atoms with Crippen molar-refractivity contribution in [2.75, 3.05) is 19.6 Å². The largest absolute Gasteiger partial charge is 0.345 e. The SMILES string of the molecule is O=C(NC12CCCN(CC1)C2)c1cc2c(s1)-c1ccccc1CC2. The number of piperidine rings is 1. The minimum atomic E-state index is 0.0255. The van der Waals surface area contributed by atoms with Crippen LogP contribution in [0.3, 0.4) is 0 Å². The van der Waals surface area contributed by atoms with Crippen molar-refractivity contribution >= 4 is 17.2 Å². The molecule has 2 unspecified atom stereocenters. The van der Waals surface area contributed by atoms with Gasteiger partial charge in [-0.25, -0.2) is 0 Å². The Morgan fingerprint density at radius 1 is 1.12 bits per heavy atom. The molecule has 5 rings (SSSR count). The Bertz CT molecular complexity index is 808. The number of thiophene rings is 1. The average molecular weight is 338 g/mol. The Kier molecular flexibility index (Phi) is 3.32. The lowest BCUT2D eigenvalue weighted by Gasteiger charge is -2.34. The molecule has 3 heterocycles. The number of carbonyl (C=O) groups is 1. The number of amides is 1. The summed E-state index contributed by atoms with van der Waals surface area (Å²) >= 11 is 1.67. The van der Waals surface area contributed by atoms with Gasteiger partial charge in [-0.2, -0.15) is 0 Å². The van der Waals surface area contributed by atoms with E-state index in [2.05, 4.69) is 40.5 Å². The number of carbonyl (C=O) groups excluding carboxylic acids is 1. The van der Waals surface area contributed by atoms with Crippen LogP contribution in [0.15, 0.2) is 30.3 Å². The monoisotopic (exact) mass is 338 g/mol. The molecule has 24 heavy (non-hydrogen) atoms. The van der Waals surface area contributed by atoms with Crippen molar-refractivity contribution in [3.05, 3.63) is 46.3 Å². The second kappa shape index (κ2) is 5.43. The fourth-order valence-corrected chi connectivity index (χ4v) is 5.81. The first-order chi connectivity index (χ1) is 11.7. The van der Waals surface area contributed by atoms with Crippen molar-refractivity contribution in [1.29, 1.82) is 0 Å². The van der Waals surface area contributed by atoms with Crippen LogP contribution < -0.4 is 5.32 Å². The summed E-state index contributed by atoms with van der Waals surface area (Å²) in [6.07, 6.45) is 5.57. The average Bonchev–Trinajstić information content (AvgIpc) is 3.16. The highest BCUT2D eigenvalue weighted by Crippen LogP contribution is 2.40. The molecule has 124 valence electrons. The molecule has 3 nitrogen and oxygen atoms in total. The van der Waals surface area contributed by atoms with Gasteiger partial charge < -0.3 is 10.2 Å².